The number of nitrogens with zero attached hydrogens (tertiary/aromatic N) is 1. The van der Waals surface area contributed by atoms with Gasteiger partial charge < -0.3 is 49.2 Å². The molecule has 3 heterocycles. The highest BCUT2D eigenvalue weighted by atomic mass is 16.7. The first kappa shape index (κ1) is 41.7. The SMILES string of the molecule is CC[C@H](C)C(=O)O[C@@H]1[C@H](O)[C@@H]2[C@H](CN3C[C@H](C)CC[C@@H]3[C@]2(C)O)[C@@H]2C[C@@]34O[C@@]5(O)[C@H](OC(=O)[C@](C)(O)CC)CC[C@@]3(C)[C@H]5[C@H](OC(C)=O)[C@H](OC(C)=O)[C@]4(O)[C@@H]21. The predicted octanol–water partition coefficient (Wildman–Crippen LogP) is 1.61. The quantitative estimate of drug-likeness (QED) is 0.174. The number of hydrogen-bond acceptors (Lipinski definition) is 15. The minimum absolute atomic E-state index is 0.0107. The highest BCUT2D eigenvalue weighted by Gasteiger charge is 2.92. The van der Waals surface area contributed by atoms with Crippen LogP contribution in [0.1, 0.15) is 107 Å². The summed E-state index contributed by atoms with van der Waals surface area (Å²) >= 11 is 0. The second-order valence-corrected chi connectivity index (χ2v) is 19.2. The maximum absolute atomic E-state index is 14.0. The number of fused-ring (bicyclic) bond motifs is 5. The van der Waals surface area contributed by atoms with Gasteiger partial charge in [-0.3, -0.25) is 19.3 Å². The molecular weight excluding hydrogens is 730 g/mol. The van der Waals surface area contributed by atoms with Crippen molar-refractivity contribution in [2.75, 3.05) is 13.1 Å². The number of aliphatic hydroxyl groups is 5. The van der Waals surface area contributed by atoms with Crippen LogP contribution in [0.4, 0.5) is 0 Å². The zero-order valence-corrected chi connectivity index (χ0v) is 34.2. The lowest BCUT2D eigenvalue weighted by atomic mass is 9.47. The van der Waals surface area contributed by atoms with E-state index in [0.717, 1.165) is 20.3 Å². The average molecular weight is 794 g/mol. The summed E-state index contributed by atoms with van der Waals surface area (Å²) in [4.78, 5) is 55.6. The minimum atomic E-state index is -2.44. The van der Waals surface area contributed by atoms with Crippen LogP contribution in [-0.2, 0) is 42.9 Å². The maximum atomic E-state index is 14.0. The summed E-state index contributed by atoms with van der Waals surface area (Å²) in [5.74, 6) is -10.4. The van der Waals surface area contributed by atoms with Gasteiger partial charge in [0.05, 0.1) is 23.5 Å². The van der Waals surface area contributed by atoms with Gasteiger partial charge in [0.1, 0.15) is 17.3 Å². The zero-order valence-electron chi connectivity index (χ0n) is 34.2. The summed E-state index contributed by atoms with van der Waals surface area (Å²) in [5.41, 5.74) is -8.83. The monoisotopic (exact) mass is 793 g/mol. The topological polar surface area (TPSA) is 219 Å². The normalized spacial score (nSPS) is 50.5. The van der Waals surface area contributed by atoms with Crippen molar-refractivity contribution in [3.63, 3.8) is 0 Å². The molecule has 4 aliphatic carbocycles. The summed E-state index contributed by atoms with van der Waals surface area (Å²) in [5, 5.41) is 63.1. The van der Waals surface area contributed by atoms with Crippen molar-refractivity contribution in [2.45, 2.75) is 172 Å². The molecule has 3 saturated heterocycles. The minimum Gasteiger partial charge on any atom is -0.459 e. The highest BCUT2D eigenvalue weighted by molar-refractivity contribution is 5.79. The number of rotatable bonds is 8. The Hall–Kier alpha value is -2.40. The number of piperidine rings is 2. The fourth-order valence-electron chi connectivity index (χ4n) is 13.1. The van der Waals surface area contributed by atoms with Crippen molar-refractivity contribution in [1.82, 2.24) is 4.90 Å². The van der Waals surface area contributed by atoms with Gasteiger partial charge in [0.2, 0.25) is 5.79 Å². The van der Waals surface area contributed by atoms with E-state index in [1.807, 2.05) is 13.8 Å². The fraction of sp³-hybridized carbons (Fsp3) is 0.902. The molecule has 5 N–H and O–H groups in total. The van der Waals surface area contributed by atoms with Gasteiger partial charge in [-0.1, -0.05) is 34.6 Å². The summed E-state index contributed by atoms with van der Waals surface area (Å²) in [7, 11) is 0. The van der Waals surface area contributed by atoms with Gasteiger partial charge in [-0.25, -0.2) is 4.79 Å². The Bertz CT molecular complexity index is 1620. The summed E-state index contributed by atoms with van der Waals surface area (Å²) in [6.07, 6.45) is -5.39. The zero-order chi connectivity index (χ0) is 41.3. The van der Waals surface area contributed by atoms with Crippen molar-refractivity contribution in [3.8, 4) is 0 Å². The van der Waals surface area contributed by atoms with Crippen molar-refractivity contribution in [3.05, 3.63) is 0 Å². The van der Waals surface area contributed by atoms with E-state index in [1.54, 1.807) is 20.8 Å². The van der Waals surface area contributed by atoms with E-state index in [-0.39, 0.29) is 31.7 Å². The lowest BCUT2D eigenvalue weighted by Crippen LogP contribution is -2.79. The van der Waals surface area contributed by atoms with E-state index in [0.29, 0.717) is 31.8 Å². The molecule has 56 heavy (non-hydrogen) atoms. The van der Waals surface area contributed by atoms with Crippen LogP contribution in [-0.4, -0.2) is 132 Å². The number of carbonyl (C=O) groups is 4. The molecule has 4 saturated carbocycles. The summed E-state index contributed by atoms with van der Waals surface area (Å²) < 4.78 is 31.2. The first-order valence-corrected chi connectivity index (χ1v) is 20.7. The molecular formula is C41H63NO14. The van der Waals surface area contributed by atoms with Crippen LogP contribution in [0.5, 0.6) is 0 Å². The third kappa shape index (κ3) is 5.53. The van der Waals surface area contributed by atoms with Gasteiger partial charge in [0, 0.05) is 50.2 Å². The van der Waals surface area contributed by atoms with Crippen molar-refractivity contribution in [2.24, 2.45) is 46.8 Å². The Morgan fingerprint density at radius 2 is 1.57 bits per heavy atom. The summed E-state index contributed by atoms with van der Waals surface area (Å²) in [6, 6.07) is -0.288. The third-order valence-corrected chi connectivity index (χ3v) is 16.0. The molecule has 7 fully saturated rings. The van der Waals surface area contributed by atoms with Crippen molar-refractivity contribution >= 4 is 23.9 Å². The fourth-order valence-corrected chi connectivity index (χ4v) is 13.1. The molecule has 0 aromatic heterocycles. The van der Waals surface area contributed by atoms with Gasteiger partial charge in [0.25, 0.3) is 0 Å². The third-order valence-electron chi connectivity index (χ3n) is 16.0. The Labute approximate surface area is 328 Å². The van der Waals surface area contributed by atoms with Crippen LogP contribution in [0.2, 0.25) is 0 Å². The molecule has 7 aliphatic rings. The van der Waals surface area contributed by atoms with E-state index < -0.39 is 124 Å². The second kappa shape index (κ2) is 13.6. The molecule has 0 unspecified atom stereocenters. The molecule has 0 radical (unpaired) electrons. The maximum Gasteiger partial charge on any atom is 0.338 e. The van der Waals surface area contributed by atoms with Crippen LogP contribution in [0.3, 0.4) is 0 Å². The van der Waals surface area contributed by atoms with Crippen molar-refractivity contribution in [1.29, 1.82) is 0 Å². The van der Waals surface area contributed by atoms with Crippen LogP contribution in [0.15, 0.2) is 0 Å². The Morgan fingerprint density at radius 1 is 0.911 bits per heavy atom. The van der Waals surface area contributed by atoms with Gasteiger partial charge in [-0.2, -0.15) is 0 Å². The lowest BCUT2D eigenvalue weighted by molar-refractivity contribution is -0.315. The smallest absolute Gasteiger partial charge is 0.338 e. The molecule has 7 rings (SSSR count). The van der Waals surface area contributed by atoms with E-state index in [4.69, 9.17) is 23.7 Å². The second-order valence-electron chi connectivity index (χ2n) is 19.2. The standard InChI is InChI=1S/C41H63NO14/c1-10-20(4)34(46)55-30-28-23(24-18-42-17-19(3)12-13-25(42)38(9,49)27(24)29(30)45)16-39-36(7)15-14-26(54-35(47)37(8,48)11-2)41(51,56-39)32(36)31(52-21(5)43)33(40(28,39)50)53-22(6)44/h19-20,23-33,45,48-51H,10-18H2,1-9H3/t19-,20+,23+,24-,25-,26-,27+,28+,29-,30+,31+,32-,33+,36+,37-,38+,39-,40-,41+/m1/s1. The van der Waals surface area contributed by atoms with Gasteiger partial charge in [-0.05, 0) is 76.5 Å². The van der Waals surface area contributed by atoms with Crippen molar-refractivity contribution < 1.29 is 68.4 Å². The van der Waals surface area contributed by atoms with Crippen LogP contribution in [0, 0.1) is 46.8 Å². The number of carbonyl (C=O) groups excluding carboxylic acids is 4. The lowest BCUT2D eigenvalue weighted by Gasteiger charge is -2.63. The Morgan fingerprint density at radius 3 is 2.18 bits per heavy atom. The number of esters is 4. The first-order valence-electron chi connectivity index (χ1n) is 20.7. The number of hydrogen-bond donors (Lipinski definition) is 5. The predicted molar refractivity (Wildman–Crippen MR) is 195 cm³/mol. The van der Waals surface area contributed by atoms with Gasteiger partial charge in [-0.15, -0.1) is 0 Å². The molecule has 4 bridgehead atoms. The van der Waals surface area contributed by atoms with Gasteiger partial charge >= 0.3 is 23.9 Å². The van der Waals surface area contributed by atoms with Crippen LogP contribution < -0.4 is 0 Å². The molecule has 19 atom stereocenters. The molecule has 15 nitrogen and oxygen atoms in total. The van der Waals surface area contributed by atoms with E-state index in [2.05, 4.69) is 11.8 Å². The number of ether oxygens (including phenoxy) is 5. The van der Waals surface area contributed by atoms with E-state index >= 15 is 0 Å². The first-order chi connectivity index (χ1) is 26.0. The Balaban J connectivity index is 1.45. The molecule has 1 spiro atoms. The molecule has 316 valence electrons. The van der Waals surface area contributed by atoms with Crippen LogP contribution >= 0.6 is 0 Å². The molecule has 0 amide bonds. The van der Waals surface area contributed by atoms with Gasteiger partial charge in [0.15, 0.2) is 23.9 Å². The molecule has 0 aromatic carbocycles. The Kier molecular flexibility index (Phi) is 10.1. The number of aliphatic hydroxyl groups excluding tert-OH is 1. The summed E-state index contributed by atoms with van der Waals surface area (Å²) in [6.45, 7) is 15.5. The average Bonchev–Trinajstić information content (AvgIpc) is 3.43. The van der Waals surface area contributed by atoms with E-state index in [9.17, 15) is 44.7 Å². The molecule has 0 aromatic rings. The van der Waals surface area contributed by atoms with Crippen LogP contribution in [0.25, 0.3) is 0 Å². The molecule has 15 heteroatoms. The molecule has 3 aliphatic heterocycles. The largest absolute Gasteiger partial charge is 0.459 e. The highest BCUT2D eigenvalue weighted by Crippen LogP contribution is 2.78. The van der Waals surface area contributed by atoms with E-state index in [1.165, 1.54) is 6.92 Å².